The molecule has 2 aromatic rings. The number of halogens is 3. The number of nitrogens with two attached hydrogens (primary N) is 1. The lowest BCUT2D eigenvalue weighted by Crippen LogP contribution is -2.33. The van der Waals surface area contributed by atoms with E-state index in [1.54, 1.807) is 4.90 Å². The molecule has 2 N–H and O–H groups in total. The molecule has 3 heterocycles. The lowest BCUT2D eigenvalue weighted by molar-refractivity contribution is -0.137. The summed E-state index contributed by atoms with van der Waals surface area (Å²) in [4.78, 5) is 16.0. The Hall–Kier alpha value is -2.58. The van der Waals surface area contributed by atoms with Gasteiger partial charge in [-0.15, -0.1) is 0 Å². The highest BCUT2D eigenvalue weighted by molar-refractivity contribution is 5.50. The van der Waals surface area contributed by atoms with Crippen LogP contribution in [0.2, 0.25) is 0 Å². The first-order valence-electron chi connectivity index (χ1n) is 7.98. The van der Waals surface area contributed by atoms with E-state index in [0.29, 0.717) is 38.4 Å². The summed E-state index contributed by atoms with van der Waals surface area (Å²) in [5.41, 5.74) is 5.75. The van der Waals surface area contributed by atoms with Crippen molar-refractivity contribution >= 4 is 17.6 Å². The minimum Gasteiger partial charge on any atom is -0.368 e. The smallest absolute Gasteiger partial charge is 0.368 e. The van der Waals surface area contributed by atoms with Crippen molar-refractivity contribution < 1.29 is 13.2 Å². The van der Waals surface area contributed by atoms with E-state index < -0.39 is 11.7 Å². The molecule has 0 radical (unpaired) electrons. The molecule has 0 amide bonds. The standard InChI is InChI=1S/C16H19F3N6/c1-11-10-13(23-15(20)22-11)24-6-3-7-25(9-8-24)14-12(16(17,18)19)4-2-5-21-14/h2,4-5,10H,3,6-9H2,1H3,(H2,20,22,23). The lowest BCUT2D eigenvalue weighted by Gasteiger charge is -2.25. The largest absolute Gasteiger partial charge is 0.419 e. The lowest BCUT2D eigenvalue weighted by atomic mass is 10.2. The maximum atomic E-state index is 13.2. The van der Waals surface area contributed by atoms with Crippen LogP contribution >= 0.6 is 0 Å². The van der Waals surface area contributed by atoms with Crippen LogP contribution in [0.4, 0.5) is 30.8 Å². The second kappa shape index (κ2) is 6.73. The predicted molar refractivity (Wildman–Crippen MR) is 89.5 cm³/mol. The van der Waals surface area contributed by atoms with E-state index in [0.717, 1.165) is 11.8 Å². The van der Waals surface area contributed by atoms with Crippen LogP contribution in [0.1, 0.15) is 17.7 Å². The molecule has 0 spiro atoms. The monoisotopic (exact) mass is 352 g/mol. The summed E-state index contributed by atoms with van der Waals surface area (Å²) < 4.78 is 39.7. The number of aromatic nitrogens is 3. The Labute approximate surface area is 143 Å². The third-order valence-corrected chi connectivity index (χ3v) is 4.07. The highest BCUT2D eigenvalue weighted by Crippen LogP contribution is 2.35. The molecule has 25 heavy (non-hydrogen) atoms. The highest BCUT2D eigenvalue weighted by Gasteiger charge is 2.36. The molecule has 0 bridgehead atoms. The molecular formula is C16H19F3N6. The number of alkyl halides is 3. The Morgan fingerprint density at radius 1 is 1.08 bits per heavy atom. The van der Waals surface area contributed by atoms with Crippen LogP contribution in [0.5, 0.6) is 0 Å². The molecule has 2 aromatic heterocycles. The van der Waals surface area contributed by atoms with Crippen LogP contribution in [0.15, 0.2) is 24.4 Å². The summed E-state index contributed by atoms with van der Waals surface area (Å²) in [5.74, 6) is 0.874. The van der Waals surface area contributed by atoms with Gasteiger partial charge in [0.25, 0.3) is 0 Å². The van der Waals surface area contributed by atoms with Crippen LogP contribution in [-0.4, -0.2) is 41.1 Å². The Kier molecular flexibility index (Phi) is 4.65. The summed E-state index contributed by atoms with van der Waals surface area (Å²) in [6, 6.07) is 4.20. The van der Waals surface area contributed by atoms with Gasteiger partial charge < -0.3 is 15.5 Å². The summed E-state index contributed by atoms with van der Waals surface area (Å²) in [6.07, 6.45) is -2.34. The van der Waals surface area contributed by atoms with Crippen molar-refractivity contribution in [2.24, 2.45) is 0 Å². The summed E-state index contributed by atoms with van der Waals surface area (Å²) in [6.45, 7) is 3.96. The van der Waals surface area contributed by atoms with Gasteiger partial charge in [-0.3, -0.25) is 0 Å². The van der Waals surface area contributed by atoms with Crippen molar-refractivity contribution in [2.45, 2.75) is 19.5 Å². The molecule has 9 heteroatoms. The average molecular weight is 352 g/mol. The van der Waals surface area contributed by atoms with E-state index in [4.69, 9.17) is 5.73 Å². The SMILES string of the molecule is Cc1cc(N2CCCN(c3ncccc3C(F)(F)F)CC2)nc(N)n1. The first kappa shape index (κ1) is 17.2. The molecule has 1 fully saturated rings. The number of pyridine rings is 1. The molecule has 3 rings (SSSR count). The first-order chi connectivity index (χ1) is 11.8. The molecule has 1 saturated heterocycles. The minimum absolute atomic E-state index is 0.0183. The number of nitrogens with zero attached hydrogens (tertiary/aromatic N) is 5. The van der Waals surface area contributed by atoms with Gasteiger partial charge in [-0.2, -0.15) is 18.2 Å². The molecule has 0 saturated carbocycles. The second-order valence-electron chi connectivity index (χ2n) is 5.93. The zero-order valence-electron chi connectivity index (χ0n) is 13.8. The number of hydrogen-bond donors (Lipinski definition) is 1. The van der Waals surface area contributed by atoms with Crippen LogP contribution in [0.3, 0.4) is 0 Å². The summed E-state index contributed by atoms with van der Waals surface area (Å²) >= 11 is 0. The molecule has 0 unspecified atom stereocenters. The highest BCUT2D eigenvalue weighted by atomic mass is 19.4. The molecular weight excluding hydrogens is 333 g/mol. The van der Waals surface area contributed by atoms with Gasteiger partial charge >= 0.3 is 6.18 Å². The fourth-order valence-corrected chi connectivity index (χ4v) is 2.97. The van der Waals surface area contributed by atoms with Crippen molar-refractivity contribution in [1.29, 1.82) is 0 Å². The number of aryl methyl sites for hydroxylation is 1. The topological polar surface area (TPSA) is 71.2 Å². The fraction of sp³-hybridized carbons (Fsp3) is 0.438. The molecule has 0 aromatic carbocycles. The molecule has 1 aliphatic rings. The molecule has 1 aliphatic heterocycles. The van der Waals surface area contributed by atoms with Crippen molar-refractivity contribution in [2.75, 3.05) is 41.7 Å². The van der Waals surface area contributed by atoms with Gasteiger partial charge in [0.2, 0.25) is 5.95 Å². The number of anilines is 3. The van der Waals surface area contributed by atoms with Gasteiger partial charge in [-0.25, -0.2) is 9.97 Å². The normalized spacial score (nSPS) is 16.0. The van der Waals surface area contributed by atoms with E-state index in [9.17, 15) is 13.2 Å². The Morgan fingerprint density at radius 3 is 2.52 bits per heavy atom. The van der Waals surface area contributed by atoms with Gasteiger partial charge in [0.05, 0.1) is 5.56 Å². The molecule has 0 atom stereocenters. The van der Waals surface area contributed by atoms with Crippen molar-refractivity contribution in [3.63, 3.8) is 0 Å². The van der Waals surface area contributed by atoms with Gasteiger partial charge in [-0.05, 0) is 25.5 Å². The Balaban J connectivity index is 1.81. The van der Waals surface area contributed by atoms with Gasteiger partial charge in [0.1, 0.15) is 11.6 Å². The van der Waals surface area contributed by atoms with Crippen LogP contribution in [0.25, 0.3) is 0 Å². The molecule has 134 valence electrons. The zero-order valence-corrected chi connectivity index (χ0v) is 13.8. The van der Waals surface area contributed by atoms with Gasteiger partial charge in [0, 0.05) is 44.1 Å². The van der Waals surface area contributed by atoms with Gasteiger partial charge in [0.15, 0.2) is 0 Å². The quantitative estimate of drug-likeness (QED) is 0.895. The maximum absolute atomic E-state index is 13.2. The van der Waals surface area contributed by atoms with E-state index in [1.165, 1.54) is 12.3 Å². The maximum Gasteiger partial charge on any atom is 0.419 e. The summed E-state index contributed by atoms with van der Waals surface area (Å²) in [7, 11) is 0. The summed E-state index contributed by atoms with van der Waals surface area (Å²) in [5, 5.41) is 0. The van der Waals surface area contributed by atoms with Gasteiger partial charge in [-0.1, -0.05) is 0 Å². The average Bonchev–Trinajstić information content (AvgIpc) is 2.79. The zero-order chi connectivity index (χ0) is 18.0. The minimum atomic E-state index is -4.42. The van der Waals surface area contributed by atoms with Crippen molar-refractivity contribution in [1.82, 2.24) is 15.0 Å². The number of hydrogen-bond acceptors (Lipinski definition) is 6. The van der Waals surface area contributed by atoms with Crippen LogP contribution in [0, 0.1) is 6.92 Å². The first-order valence-corrected chi connectivity index (χ1v) is 7.98. The van der Waals surface area contributed by atoms with Crippen molar-refractivity contribution in [3.8, 4) is 0 Å². The third kappa shape index (κ3) is 3.92. The second-order valence-corrected chi connectivity index (χ2v) is 5.93. The van der Waals surface area contributed by atoms with E-state index in [1.807, 2.05) is 17.9 Å². The predicted octanol–water partition coefficient (Wildman–Crippen LogP) is 2.50. The van der Waals surface area contributed by atoms with E-state index >= 15 is 0 Å². The number of nitrogen functional groups attached to an aromatic ring is 1. The number of rotatable bonds is 2. The fourth-order valence-electron chi connectivity index (χ4n) is 2.97. The third-order valence-electron chi connectivity index (χ3n) is 4.07. The van der Waals surface area contributed by atoms with E-state index in [2.05, 4.69) is 15.0 Å². The van der Waals surface area contributed by atoms with Crippen LogP contribution in [-0.2, 0) is 6.18 Å². The van der Waals surface area contributed by atoms with Crippen LogP contribution < -0.4 is 15.5 Å². The Morgan fingerprint density at radius 2 is 1.80 bits per heavy atom. The molecule has 0 aliphatic carbocycles. The molecule has 6 nitrogen and oxygen atoms in total. The van der Waals surface area contributed by atoms with E-state index in [-0.39, 0.29) is 11.8 Å². The van der Waals surface area contributed by atoms with Crippen molar-refractivity contribution in [3.05, 3.63) is 35.7 Å². The Bertz CT molecular complexity index is 729.